The van der Waals surface area contributed by atoms with E-state index in [4.69, 9.17) is 18.5 Å². The molecular weight excluding hydrogens is 846 g/mol. The number of carbonyl (C=O) groups is 2. The van der Waals surface area contributed by atoms with Gasteiger partial charge in [-0.15, -0.1) is 0 Å². The van der Waals surface area contributed by atoms with Crippen LogP contribution in [0.1, 0.15) is 258 Å². The van der Waals surface area contributed by atoms with Crippen molar-refractivity contribution in [3.8, 4) is 0 Å². The van der Waals surface area contributed by atoms with Crippen molar-refractivity contribution in [2.75, 3.05) is 47.5 Å². The molecule has 0 bridgehead atoms. The molecule has 0 saturated heterocycles. The summed E-state index contributed by atoms with van der Waals surface area (Å²) in [5, 5.41) is 0. The Morgan fingerprint density at radius 3 is 1.23 bits per heavy atom. The highest BCUT2D eigenvalue weighted by molar-refractivity contribution is 7.47. The minimum absolute atomic E-state index is 0.0317. The number of phosphoric acid groups is 1. The maximum Gasteiger partial charge on any atom is 0.472 e. The van der Waals surface area contributed by atoms with E-state index in [0.29, 0.717) is 17.4 Å². The van der Waals surface area contributed by atoms with Gasteiger partial charge >= 0.3 is 19.8 Å². The number of phosphoric ester groups is 1. The van der Waals surface area contributed by atoms with Crippen molar-refractivity contribution in [3.63, 3.8) is 0 Å². The Labute approximate surface area is 408 Å². The molecule has 0 spiro atoms. The van der Waals surface area contributed by atoms with E-state index in [-0.39, 0.29) is 32.0 Å². The lowest BCUT2D eigenvalue weighted by Gasteiger charge is -2.24. The number of esters is 2. The first-order valence-corrected chi connectivity index (χ1v) is 29.2. The van der Waals surface area contributed by atoms with Crippen LogP contribution in [0, 0.1) is 0 Å². The molecule has 2 atom stereocenters. The number of likely N-dealkylation sites (N-methyl/N-ethyl adjacent to an activating group) is 1. The molecule has 0 aromatic heterocycles. The highest BCUT2D eigenvalue weighted by atomic mass is 31.2. The molecule has 66 heavy (non-hydrogen) atoms. The molecule has 0 rings (SSSR count). The number of nitrogens with zero attached hydrogens (tertiary/aromatic N) is 1. The number of ether oxygens (including phenoxy) is 2. The fourth-order valence-electron chi connectivity index (χ4n) is 7.81. The van der Waals surface area contributed by atoms with Gasteiger partial charge in [-0.3, -0.25) is 18.6 Å². The third-order valence-electron chi connectivity index (χ3n) is 12.1. The largest absolute Gasteiger partial charge is 0.472 e. The number of hydrogen-bond acceptors (Lipinski definition) is 7. The van der Waals surface area contributed by atoms with Gasteiger partial charge in [0.05, 0.1) is 27.7 Å². The van der Waals surface area contributed by atoms with Crippen molar-refractivity contribution in [3.05, 3.63) is 36.5 Å². The molecule has 0 heterocycles. The highest BCUT2D eigenvalue weighted by Crippen LogP contribution is 2.43. The molecule has 10 heteroatoms. The Morgan fingerprint density at radius 1 is 0.470 bits per heavy atom. The van der Waals surface area contributed by atoms with Crippen molar-refractivity contribution in [2.45, 2.75) is 264 Å². The van der Waals surface area contributed by atoms with E-state index in [1.807, 2.05) is 21.1 Å². The fraction of sp³-hybridized carbons (Fsp3) is 0.857. The lowest BCUT2D eigenvalue weighted by atomic mass is 10.0. The number of carbonyl (C=O) groups excluding carboxylic acids is 2. The first kappa shape index (κ1) is 64.2. The normalized spacial score (nSPS) is 13.6. The van der Waals surface area contributed by atoms with Gasteiger partial charge in [0.25, 0.3) is 0 Å². The van der Waals surface area contributed by atoms with E-state index in [9.17, 15) is 19.0 Å². The van der Waals surface area contributed by atoms with E-state index in [1.54, 1.807) is 0 Å². The van der Waals surface area contributed by atoms with E-state index < -0.39 is 26.5 Å². The number of quaternary nitrogens is 1. The maximum atomic E-state index is 12.8. The second-order valence-corrected chi connectivity index (χ2v) is 21.4. The molecule has 2 unspecified atom stereocenters. The van der Waals surface area contributed by atoms with E-state index in [0.717, 1.165) is 57.8 Å². The molecule has 0 aromatic rings. The van der Waals surface area contributed by atoms with Crippen molar-refractivity contribution in [2.24, 2.45) is 0 Å². The highest BCUT2D eigenvalue weighted by Gasteiger charge is 2.27. The fourth-order valence-corrected chi connectivity index (χ4v) is 8.55. The number of hydrogen-bond donors (Lipinski definition) is 1. The zero-order valence-electron chi connectivity index (χ0n) is 43.9. The molecule has 0 fully saturated rings. The summed E-state index contributed by atoms with van der Waals surface area (Å²) in [5.41, 5.74) is 0. The molecule has 0 aromatic carbocycles. The van der Waals surface area contributed by atoms with E-state index in [1.165, 1.54) is 167 Å². The molecule has 0 aliphatic rings. The van der Waals surface area contributed by atoms with Gasteiger partial charge in [-0.25, -0.2) is 4.57 Å². The molecule has 388 valence electrons. The second kappa shape index (κ2) is 48.3. The van der Waals surface area contributed by atoms with Crippen LogP contribution in [0.4, 0.5) is 0 Å². The molecule has 1 N–H and O–H groups in total. The Hall–Kier alpha value is -1.77. The lowest BCUT2D eigenvalue weighted by molar-refractivity contribution is -0.870. The van der Waals surface area contributed by atoms with E-state index >= 15 is 0 Å². The van der Waals surface area contributed by atoms with Gasteiger partial charge < -0.3 is 18.9 Å². The summed E-state index contributed by atoms with van der Waals surface area (Å²) < 4.78 is 34.5. The van der Waals surface area contributed by atoms with Crippen LogP contribution in [0.25, 0.3) is 0 Å². The topological polar surface area (TPSA) is 108 Å². The van der Waals surface area contributed by atoms with Crippen LogP contribution >= 0.6 is 7.82 Å². The minimum atomic E-state index is -4.38. The number of rotatable bonds is 51. The van der Waals surface area contributed by atoms with E-state index in [2.05, 4.69) is 50.3 Å². The van der Waals surface area contributed by atoms with Crippen molar-refractivity contribution >= 4 is 19.8 Å². The molecule has 0 aliphatic heterocycles. The molecule has 0 amide bonds. The summed E-state index contributed by atoms with van der Waals surface area (Å²) in [6.07, 6.45) is 57.9. The SMILES string of the molecule is CCCCCC/C=C\CCCCCCCC(=O)OCC(COP(=O)(O)OCC[N+](C)(C)C)OC(=O)CCCCCCCCCCCCCCCCCCC/C=C\C/C=C\CCCCCCC. The molecular formula is C56H107NO8P+. The van der Waals surface area contributed by atoms with Gasteiger partial charge in [-0.05, 0) is 70.6 Å². The Balaban J connectivity index is 4.07. The third-order valence-corrected chi connectivity index (χ3v) is 13.1. The van der Waals surface area contributed by atoms with Gasteiger partial charge in [0.2, 0.25) is 0 Å². The summed E-state index contributed by atoms with van der Waals surface area (Å²) >= 11 is 0. The van der Waals surface area contributed by atoms with Crippen molar-refractivity contribution in [1.82, 2.24) is 0 Å². The number of unbranched alkanes of at least 4 members (excludes halogenated alkanes) is 31. The molecule has 9 nitrogen and oxygen atoms in total. The lowest BCUT2D eigenvalue weighted by Crippen LogP contribution is -2.37. The third kappa shape index (κ3) is 51.6. The summed E-state index contributed by atoms with van der Waals surface area (Å²) in [5.74, 6) is -0.799. The monoisotopic (exact) mass is 953 g/mol. The number of allylic oxidation sites excluding steroid dienone is 6. The smallest absolute Gasteiger partial charge is 0.462 e. The predicted octanol–water partition coefficient (Wildman–Crippen LogP) is 16.8. The van der Waals surface area contributed by atoms with Gasteiger partial charge in [0.1, 0.15) is 19.8 Å². The van der Waals surface area contributed by atoms with Crippen LogP contribution in [0.2, 0.25) is 0 Å². The summed E-state index contributed by atoms with van der Waals surface area (Å²) in [6.45, 7) is 4.42. The standard InChI is InChI=1S/C56H106NO8P/c1-6-8-10-12-14-16-18-20-21-22-23-24-25-26-27-28-29-30-31-32-33-34-35-37-39-41-43-45-47-49-56(59)65-54(53-64-66(60,61)63-51-50-57(3,4)5)52-62-55(58)48-46-44-42-40-38-36-19-17-15-13-11-9-7-2/h17-20,22-23,54H,6-16,21,24-53H2,1-5H3/p+1/b19-17-,20-18-,23-22-. The van der Waals surface area contributed by atoms with Crippen LogP contribution in [0.5, 0.6) is 0 Å². The predicted molar refractivity (Wildman–Crippen MR) is 280 cm³/mol. The zero-order valence-corrected chi connectivity index (χ0v) is 44.8. The molecule has 0 radical (unpaired) electrons. The van der Waals surface area contributed by atoms with Gasteiger partial charge in [-0.1, -0.05) is 211 Å². The Morgan fingerprint density at radius 2 is 0.818 bits per heavy atom. The molecule has 0 aliphatic carbocycles. The Bertz CT molecular complexity index is 1210. The quantitative estimate of drug-likeness (QED) is 0.0211. The van der Waals surface area contributed by atoms with Crippen LogP contribution in [-0.2, 0) is 32.7 Å². The second-order valence-electron chi connectivity index (χ2n) is 20.0. The van der Waals surface area contributed by atoms with Gasteiger partial charge in [-0.2, -0.15) is 0 Å². The summed E-state index contributed by atoms with van der Waals surface area (Å²) in [6, 6.07) is 0. The summed E-state index contributed by atoms with van der Waals surface area (Å²) in [4.78, 5) is 35.5. The zero-order chi connectivity index (χ0) is 48.5. The Kier molecular flexibility index (Phi) is 47.0. The van der Waals surface area contributed by atoms with Crippen LogP contribution in [0.3, 0.4) is 0 Å². The average Bonchev–Trinajstić information content (AvgIpc) is 3.27. The van der Waals surface area contributed by atoms with Crippen LogP contribution < -0.4 is 0 Å². The average molecular weight is 953 g/mol. The minimum Gasteiger partial charge on any atom is -0.462 e. The van der Waals surface area contributed by atoms with Crippen LogP contribution in [-0.4, -0.2) is 74.9 Å². The van der Waals surface area contributed by atoms with Crippen molar-refractivity contribution in [1.29, 1.82) is 0 Å². The molecule has 0 saturated carbocycles. The van der Waals surface area contributed by atoms with Gasteiger partial charge in [0.15, 0.2) is 6.10 Å². The van der Waals surface area contributed by atoms with Crippen molar-refractivity contribution < 1.29 is 42.1 Å². The first-order valence-electron chi connectivity index (χ1n) is 27.7. The first-order chi connectivity index (χ1) is 32.0. The van der Waals surface area contributed by atoms with Crippen LogP contribution in [0.15, 0.2) is 36.5 Å². The van der Waals surface area contributed by atoms with Gasteiger partial charge in [0, 0.05) is 12.8 Å². The summed E-state index contributed by atoms with van der Waals surface area (Å²) in [7, 11) is 1.48. The maximum absolute atomic E-state index is 12.8.